The molecule has 32 heavy (non-hydrogen) atoms. The SMILES string of the molecule is Cc1ccc(C(=O)N2CCCN(C(=O)Oc3ccc4ccccc4c3C(N)=O)CC2)cc1. The molecule has 7 heteroatoms. The van der Waals surface area contributed by atoms with E-state index in [0.29, 0.717) is 43.5 Å². The molecule has 0 saturated carbocycles. The average molecular weight is 431 g/mol. The Labute approximate surface area is 186 Å². The van der Waals surface area contributed by atoms with Crippen molar-refractivity contribution in [3.05, 3.63) is 77.4 Å². The molecule has 1 aliphatic rings. The highest BCUT2D eigenvalue weighted by Crippen LogP contribution is 2.28. The summed E-state index contributed by atoms with van der Waals surface area (Å²) in [6, 6.07) is 18.1. The summed E-state index contributed by atoms with van der Waals surface area (Å²) in [5, 5.41) is 1.47. The molecule has 3 amide bonds. The van der Waals surface area contributed by atoms with Crippen LogP contribution < -0.4 is 10.5 Å². The van der Waals surface area contributed by atoms with E-state index in [1.165, 1.54) is 0 Å². The lowest BCUT2D eigenvalue weighted by atomic mass is 10.0. The molecule has 0 unspecified atom stereocenters. The van der Waals surface area contributed by atoms with E-state index in [-0.39, 0.29) is 17.2 Å². The molecule has 164 valence electrons. The molecule has 2 N–H and O–H groups in total. The Morgan fingerprint density at radius 1 is 0.844 bits per heavy atom. The van der Waals surface area contributed by atoms with E-state index in [1.54, 1.807) is 34.1 Å². The van der Waals surface area contributed by atoms with Crippen LogP contribution in [0.3, 0.4) is 0 Å². The van der Waals surface area contributed by atoms with Crippen LogP contribution >= 0.6 is 0 Å². The Balaban J connectivity index is 1.47. The number of benzene rings is 3. The zero-order chi connectivity index (χ0) is 22.7. The van der Waals surface area contributed by atoms with E-state index in [1.807, 2.05) is 43.3 Å². The lowest BCUT2D eigenvalue weighted by Crippen LogP contribution is -2.38. The molecule has 1 saturated heterocycles. The second kappa shape index (κ2) is 9.09. The predicted octanol–water partition coefficient (Wildman–Crippen LogP) is 3.59. The number of primary amides is 1. The molecule has 3 aromatic carbocycles. The second-order valence-electron chi connectivity index (χ2n) is 7.89. The summed E-state index contributed by atoms with van der Waals surface area (Å²) in [6.07, 6.45) is 0.0695. The molecule has 7 nitrogen and oxygen atoms in total. The number of rotatable bonds is 3. The van der Waals surface area contributed by atoms with E-state index >= 15 is 0 Å². The van der Waals surface area contributed by atoms with Gasteiger partial charge in [-0.3, -0.25) is 9.59 Å². The first kappa shape index (κ1) is 21.4. The third kappa shape index (κ3) is 4.42. The van der Waals surface area contributed by atoms with Gasteiger partial charge in [-0.2, -0.15) is 0 Å². The molecule has 0 spiro atoms. The van der Waals surface area contributed by atoms with E-state index in [0.717, 1.165) is 10.9 Å². The maximum Gasteiger partial charge on any atom is 0.415 e. The van der Waals surface area contributed by atoms with Crippen molar-refractivity contribution >= 4 is 28.7 Å². The minimum Gasteiger partial charge on any atom is -0.409 e. The largest absolute Gasteiger partial charge is 0.415 e. The molecule has 1 aliphatic heterocycles. The number of aryl methyl sites for hydroxylation is 1. The highest BCUT2D eigenvalue weighted by Gasteiger charge is 2.25. The third-order valence-corrected chi connectivity index (χ3v) is 5.67. The van der Waals surface area contributed by atoms with Gasteiger partial charge in [0.1, 0.15) is 5.75 Å². The highest BCUT2D eigenvalue weighted by molar-refractivity contribution is 6.09. The minimum atomic E-state index is -0.657. The standard InChI is InChI=1S/C25H25N3O4/c1-17-7-9-19(10-8-17)24(30)27-13-4-14-28(16-15-27)25(31)32-21-12-11-18-5-2-3-6-20(18)22(21)23(26)29/h2-3,5-12H,4,13-16H2,1H3,(H2,26,29). The van der Waals surface area contributed by atoms with Crippen molar-refractivity contribution in [2.75, 3.05) is 26.2 Å². The quantitative estimate of drug-likeness (QED) is 0.686. The first-order valence-corrected chi connectivity index (χ1v) is 10.6. The predicted molar refractivity (Wildman–Crippen MR) is 122 cm³/mol. The Morgan fingerprint density at radius 2 is 1.53 bits per heavy atom. The van der Waals surface area contributed by atoms with Gasteiger partial charge in [-0.15, -0.1) is 0 Å². The Hall–Kier alpha value is -3.87. The van der Waals surface area contributed by atoms with Crippen LogP contribution in [-0.2, 0) is 0 Å². The van der Waals surface area contributed by atoms with Crippen LogP contribution in [0, 0.1) is 6.92 Å². The van der Waals surface area contributed by atoms with Crippen LogP contribution in [0.2, 0.25) is 0 Å². The topological polar surface area (TPSA) is 92.9 Å². The number of carbonyl (C=O) groups excluding carboxylic acids is 3. The molecule has 1 heterocycles. The number of nitrogens with two attached hydrogens (primary N) is 1. The van der Waals surface area contributed by atoms with Gasteiger partial charge in [0.2, 0.25) is 0 Å². The number of hydrogen-bond acceptors (Lipinski definition) is 4. The number of fused-ring (bicyclic) bond motifs is 1. The minimum absolute atomic E-state index is 0.0502. The first-order chi connectivity index (χ1) is 15.4. The van der Waals surface area contributed by atoms with Crippen molar-refractivity contribution in [2.45, 2.75) is 13.3 Å². The van der Waals surface area contributed by atoms with Gasteiger partial charge in [0.05, 0.1) is 5.56 Å². The fourth-order valence-electron chi connectivity index (χ4n) is 3.93. The molecule has 0 bridgehead atoms. The molecule has 1 fully saturated rings. The molecule has 0 aromatic heterocycles. The molecule has 0 atom stereocenters. The van der Waals surface area contributed by atoms with Crippen LogP contribution in [0.4, 0.5) is 4.79 Å². The van der Waals surface area contributed by atoms with E-state index < -0.39 is 12.0 Å². The maximum absolute atomic E-state index is 12.9. The summed E-state index contributed by atoms with van der Waals surface area (Å²) in [6.45, 7) is 3.73. The van der Waals surface area contributed by atoms with Crippen molar-refractivity contribution < 1.29 is 19.1 Å². The number of amides is 3. The molecular formula is C25H25N3O4. The van der Waals surface area contributed by atoms with Gasteiger partial charge in [-0.05, 0) is 42.3 Å². The monoisotopic (exact) mass is 431 g/mol. The molecule has 3 aromatic rings. The second-order valence-corrected chi connectivity index (χ2v) is 7.89. The van der Waals surface area contributed by atoms with E-state index in [2.05, 4.69) is 0 Å². The number of hydrogen-bond donors (Lipinski definition) is 1. The lowest BCUT2D eigenvalue weighted by molar-refractivity contribution is 0.0759. The molecule has 4 rings (SSSR count). The third-order valence-electron chi connectivity index (χ3n) is 5.67. The molecular weight excluding hydrogens is 406 g/mol. The van der Waals surface area contributed by atoms with Crippen LogP contribution in [0.25, 0.3) is 10.8 Å². The van der Waals surface area contributed by atoms with Gasteiger partial charge < -0.3 is 20.3 Å². The molecule has 0 radical (unpaired) electrons. The summed E-state index contributed by atoms with van der Waals surface area (Å²) in [5.41, 5.74) is 7.50. The fourth-order valence-corrected chi connectivity index (χ4v) is 3.93. The summed E-state index contributed by atoms with van der Waals surface area (Å²) >= 11 is 0. The maximum atomic E-state index is 12.9. The van der Waals surface area contributed by atoms with E-state index in [9.17, 15) is 14.4 Å². The summed E-state index contributed by atoms with van der Waals surface area (Å²) in [4.78, 5) is 41.1. The summed E-state index contributed by atoms with van der Waals surface area (Å²) in [7, 11) is 0. The average Bonchev–Trinajstić information content (AvgIpc) is 3.05. The smallest absolute Gasteiger partial charge is 0.409 e. The van der Waals surface area contributed by atoms with Gasteiger partial charge in [0.25, 0.3) is 11.8 Å². The van der Waals surface area contributed by atoms with Crippen LogP contribution in [-0.4, -0.2) is 53.9 Å². The zero-order valence-corrected chi connectivity index (χ0v) is 17.9. The normalized spacial score (nSPS) is 14.2. The van der Waals surface area contributed by atoms with Gasteiger partial charge >= 0.3 is 6.09 Å². The van der Waals surface area contributed by atoms with Crippen molar-refractivity contribution in [1.29, 1.82) is 0 Å². The van der Waals surface area contributed by atoms with Gasteiger partial charge in [-0.1, -0.05) is 48.0 Å². The Bertz CT molecular complexity index is 1170. The first-order valence-electron chi connectivity index (χ1n) is 10.6. The fraction of sp³-hybridized carbons (Fsp3) is 0.240. The highest BCUT2D eigenvalue weighted by atomic mass is 16.6. The Kier molecular flexibility index (Phi) is 6.07. The zero-order valence-electron chi connectivity index (χ0n) is 17.9. The molecule has 0 aliphatic carbocycles. The van der Waals surface area contributed by atoms with Crippen LogP contribution in [0.5, 0.6) is 5.75 Å². The van der Waals surface area contributed by atoms with Gasteiger partial charge in [0, 0.05) is 31.7 Å². The van der Waals surface area contributed by atoms with Crippen molar-refractivity contribution in [1.82, 2.24) is 9.80 Å². The summed E-state index contributed by atoms with van der Waals surface area (Å²) in [5.74, 6) is -0.570. The van der Waals surface area contributed by atoms with Crippen LogP contribution in [0.15, 0.2) is 60.7 Å². The summed E-state index contributed by atoms with van der Waals surface area (Å²) < 4.78 is 5.59. The number of carbonyl (C=O) groups is 3. The van der Waals surface area contributed by atoms with Crippen LogP contribution in [0.1, 0.15) is 32.7 Å². The van der Waals surface area contributed by atoms with Crippen molar-refractivity contribution in [3.63, 3.8) is 0 Å². The van der Waals surface area contributed by atoms with Crippen molar-refractivity contribution in [2.24, 2.45) is 5.73 Å². The van der Waals surface area contributed by atoms with E-state index in [4.69, 9.17) is 10.5 Å². The number of ether oxygens (including phenoxy) is 1. The number of nitrogens with zero attached hydrogens (tertiary/aromatic N) is 2. The van der Waals surface area contributed by atoms with Gasteiger partial charge in [-0.25, -0.2) is 4.79 Å². The van der Waals surface area contributed by atoms with Crippen molar-refractivity contribution in [3.8, 4) is 5.75 Å². The lowest BCUT2D eigenvalue weighted by Gasteiger charge is -2.22. The van der Waals surface area contributed by atoms with Gasteiger partial charge in [0.15, 0.2) is 0 Å². The Morgan fingerprint density at radius 3 is 2.28 bits per heavy atom.